The van der Waals surface area contributed by atoms with Crippen molar-refractivity contribution in [3.8, 4) is 17.0 Å². The van der Waals surface area contributed by atoms with Gasteiger partial charge in [-0.1, -0.05) is 18.2 Å². The highest BCUT2D eigenvalue weighted by molar-refractivity contribution is 5.62. The van der Waals surface area contributed by atoms with Gasteiger partial charge in [-0.2, -0.15) is 0 Å². The first-order chi connectivity index (χ1) is 10.1. The van der Waals surface area contributed by atoms with E-state index >= 15 is 0 Å². The molecule has 0 fully saturated rings. The van der Waals surface area contributed by atoms with Crippen LogP contribution in [0.25, 0.3) is 11.3 Å². The molecule has 0 radical (unpaired) electrons. The quantitative estimate of drug-likeness (QED) is 0.919. The Morgan fingerprint density at radius 2 is 2.00 bits per heavy atom. The Morgan fingerprint density at radius 1 is 1.24 bits per heavy atom. The Bertz CT molecular complexity index is 675. The average Bonchev–Trinajstić information content (AvgIpc) is 2.46. The van der Waals surface area contributed by atoms with E-state index in [1.807, 2.05) is 51.1 Å². The van der Waals surface area contributed by atoms with Crippen LogP contribution in [0.1, 0.15) is 26.3 Å². The maximum absolute atomic E-state index is 12.3. The minimum absolute atomic E-state index is 0.0207. The van der Waals surface area contributed by atoms with E-state index in [0.29, 0.717) is 12.1 Å². The van der Waals surface area contributed by atoms with Crippen LogP contribution < -0.4 is 16.0 Å². The van der Waals surface area contributed by atoms with Crippen LogP contribution in [-0.4, -0.2) is 10.7 Å². The molecule has 0 bridgehead atoms. The van der Waals surface area contributed by atoms with Gasteiger partial charge in [0, 0.05) is 24.2 Å². The van der Waals surface area contributed by atoms with Gasteiger partial charge in [-0.3, -0.25) is 4.79 Å². The fourth-order valence-corrected chi connectivity index (χ4v) is 2.35. The monoisotopic (exact) mass is 286 g/mol. The van der Waals surface area contributed by atoms with Crippen LogP contribution in [0.4, 0.5) is 0 Å². The van der Waals surface area contributed by atoms with E-state index in [4.69, 9.17) is 10.5 Å². The molecule has 1 aromatic carbocycles. The number of hydrogen-bond acceptors (Lipinski definition) is 3. The molecule has 4 nitrogen and oxygen atoms in total. The summed E-state index contributed by atoms with van der Waals surface area (Å²) in [5.74, 6) is 0.806. The van der Waals surface area contributed by atoms with Gasteiger partial charge in [0.25, 0.3) is 5.56 Å². The first-order valence-corrected chi connectivity index (χ1v) is 7.26. The third kappa shape index (κ3) is 3.34. The second kappa shape index (κ2) is 6.59. The second-order valence-corrected chi connectivity index (χ2v) is 5.19. The first-order valence-electron chi connectivity index (χ1n) is 7.26. The van der Waals surface area contributed by atoms with Gasteiger partial charge in [0.05, 0.1) is 11.8 Å². The molecule has 2 N–H and O–H groups in total. The fourth-order valence-electron chi connectivity index (χ4n) is 2.35. The van der Waals surface area contributed by atoms with Gasteiger partial charge in [0.15, 0.2) is 0 Å². The van der Waals surface area contributed by atoms with Crippen LogP contribution in [0.3, 0.4) is 0 Å². The largest absolute Gasteiger partial charge is 0.491 e. The molecule has 21 heavy (non-hydrogen) atoms. The molecule has 0 aliphatic carbocycles. The summed E-state index contributed by atoms with van der Waals surface area (Å²) in [5, 5.41) is 0. The van der Waals surface area contributed by atoms with Crippen molar-refractivity contribution in [3.05, 3.63) is 52.3 Å². The lowest BCUT2D eigenvalue weighted by molar-refractivity contribution is 0.242. The van der Waals surface area contributed by atoms with Crippen LogP contribution in [-0.2, 0) is 13.1 Å². The number of rotatable bonds is 5. The van der Waals surface area contributed by atoms with E-state index in [2.05, 4.69) is 0 Å². The molecule has 2 aromatic rings. The maximum atomic E-state index is 12.3. The molecule has 0 aliphatic heterocycles. The van der Waals surface area contributed by atoms with Crippen molar-refractivity contribution in [2.75, 3.05) is 0 Å². The van der Waals surface area contributed by atoms with E-state index in [-0.39, 0.29) is 18.2 Å². The van der Waals surface area contributed by atoms with Gasteiger partial charge in [-0.15, -0.1) is 0 Å². The van der Waals surface area contributed by atoms with E-state index < -0.39 is 0 Å². The fraction of sp³-hybridized carbons (Fsp3) is 0.353. The predicted octanol–water partition coefficient (Wildman–Crippen LogP) is 2.78. The third-order valence-corrected chi connectivity index (χ3v) is 3.29. The van der Waals surface area contributed by atoms with Crippen LogP contribution in [0.15, 0.2) is 41.2 Å². The van der Waals surface area contributed by atoms with Gasteiger partial charge < -0.3 is 15.0 Å². The molecular weight excluding hydrogens is 264 g/mol. The Labute approximate surface area is 125 Å². The van der Waals surface area contributed by atoms with Crippen LogP contribution in [0, 0.1) is 0 Å². The number of nitrogens with zero attached hydrogens (tertiary/aromatic N) is 1. The highest BCUT2D eigenvalue weighted by Gasteiger charge is 2.09. The third-order valence-electron chi connectivity index (χ3n) is 3.29. The lowest BCUT2D eigenvalue weighted by Crippen LogP contribution is -2.25. The molecule has 1 heterocycles. The molecule has 0 unspecified atom stereocenters. The van der Waals surface area contributed by atoms with E-state index in [1.54, 1.807) is 10.6 Å². The van der Waals surface area contributed by atoms with Crippen molar-refractivity contribution >= 4 is 0 Å². The summed E-state index contributed by atoms with van der Waals surface area (Å²) in [7, 11) is 0. The van der Waals surface area contributed by atoms with Crippen molar-refractivity contribution in [2.24, 2.45) is 5.73 Å². The number of aromatic nitrogens is 1. The number of benzene rings is 1. The summed E-state index contributed by atoms with van der Waals surface area (Å²) in [5.41, 5.74) is 8.07. The molecule has 112 valence electrons. The zero-order chi connectivity index (χ0) is 15.4. The first kappa shape index (κ1) is 15.3. The Kier molecular flexibility index (Phi) is 4.81. The standard InChI is InChI=1S/C17H22N2O2/c1-4-19-16(9-8-14(11-18)17(19)20)13-6-5-7-15(10-13)21-12(2)3/h5-10,12H,4,11,18H2,1-3H3. The highest BCUT2D eigenvalue weighted by atomic mass is 16.5. The van der Waals surface area contributed by atoms with Gasteiger partial charge >= 0.3 is 0 Å². The Hall–Kier alpha value is -2.07. The highest BCUT2D eigenvalue weighted by Crippen LogP contribution is 2.24. The van der Waals surface area contributed by atoms with E-state index in [9.17, 15) is 4.79 Å². The van der Waals surface area contributed by atoms with Crippen molar-refractivity contribution < 1.29 is 4.74 Å². The zero-order valence-electron chi connectivity index (χ0n) is 12.8. The summed E-state index contributed by atoms with van der Waals surface area (Å²) in [4.78, 5) is 12.3. The summed E-state index contributed by atoms with van der Waals surface area (Å²) in [6.07, 6.45) is 0.119. The number of hydrogen-bond donors (Lipinski definition) is 1. The second-order valence-electron chi connectivity index (χ2n) is 5.19. The van der Waals surface area contributed by atoms with Crippen molar-refractivity contribution in [1.29, 1.82) is 0 Å². The van der Waals surface area contributed by atoms with Crippen LogP contribution >= 0.6 is 0 Å². The zero-order valence-corrected chi connectivity index (χ0v) is 12.8. The molecule has 1 aromatic heterocycles. The normalized spacial score (nSPS) is 10.9. The number of pyridine rings is 1. The molecule has 0 saturated heterocycles. The molecular formula is C17H22N2O2. The van der Waals surface area contributed by atoms with Gasteiger partial charge in [0.1, 0.15) is 5.75 Å². The molecule has 0 atom stereocenters. The van der Waals surface area contributed by atoms with Crippen LogP contribution in [0.2, 0.25) is 0 Å². The molecule has 0 saturated carbocycles. The maximum Gasteiger partial charge on any atom is 0.255 e. The van der Waals surface area contributed by atoms with Crippen molar-refractivity contribution in [1.82, 2.24) is 4.57 Å². The summed E-state index contributed by atoms with van der Waals surface area (Å²) in [6, 6.07) is 11.6. The van der Waals surface area contributed by atoms with Gasteiger partial charge in [-0.25, -0.2) is 0 Å². The SMILES string of the molecule is CCn1c(-c2cccc(OC(C)C)c2)ccc(CN)c1=O. The van der Waals surface area contributed by atoms with Crippen molar-refractivity contribution in [3.63, 3.8) is 0 Å². The van der Waals surface area contributed by atoms with E-state index in [1.165, 1.54) is 0 Å². The molecule has 0 aliphatic rings. The molecule has 0 spiro atoms. The molecule has 0 amide bonds. The lowest BCUT2D eigenvalue weighted by Gasteiger charge is -2.15. The predicted molar refractivity (Wildman–Crippen MR) is 85.5 cm³/mol. The van der Waals surface area contributed by atoms with Crippen LogP contribution in [0.5, 0.6) is 5.75 Å². The minimum atomic E-state index is -0.0207. The summed E-state index contributed by atoms with van der Waals surface area (Å²) in [6.45, 7) is 6.81. The summed E-state index contributed by atoms with van der Waals surface area (Å²) >= 11 is 0. The Balaban J connectivity index is 2.51. The van der Waals surface area contributed by atoms with E-state index in [0.717, 1.165) is 17.0 Å². The minimum Gasteiger partial charge on any atom is -0.491 e. The molecule has 2 rings (SSSR count). The smallest absolute Gasteiger partial charge is 0.255 e. The average molecular weight is 286 g/mol. The van der Waals surface area contributed by atoms with Gasteiger partial charge in [-0.05, 0) is 39.0 Å². The number of ether oxygens (including phenoxy) is 1. The van der Waals surface area contributed by atoms with Gasteiger partial charge in [0.2, 0.25) is 0 Å². The molecule has 4 heteroatoms. The summed E-state index contributed by atoms with van der Waals surface area (Å²) < 4.78 is 7.46. The topological polar surface area (TPSA) is 57.2 Å². The van der Waals surface area contributed by atoms with Crippen molar-refractivity contribution in [2.45, 2.75) is 40.0 Å². The number of nitrogens with two attached hydrogens (primary N) is 1. The lowest BCUT2D eigenvalue weighted by atomic mass is 10.1. The Morgan fingerprint density at radius 3 is 2.62 bits per heavy atom.